The van der Waals surface area contributed by atoms with Gasteiger partial charge in [-0.15, -0.1) is 10.2 Å². The lowest BCUT2D eigenvalue weighted by atomic mass is 10.2. The first-order valence-corrected chi connectivity index (χ1v) is 10.8. The van der Waals surface area contributed by atoms with Crippen molar-refractivity contribution in [3.63, 3.8) is 0 Å². The second-order valence-corrected chi connectivity index (χ2v) is 8.65. The first-order chi connectivity index (χ1) is 14.4. The standard InChI is InChI=1S/C20H27FN6O2S/c1-14(2)23-17(28)12-26-7-9-27(10-8-26)13-18-24-25-20(30-18)19(29)22-11-15-3-5-16(21)6-4-15/h3-6,14H,7-13H2,1-2H3,(H,22,29)(H,23,28). The zero-order chi connectivity index (χ0) is 21.5. The molecule has 1 aliphatic heterocycles. The summed E-state index contributed by atoms with van der Waals surface area (Å²) in [6.07, 6.45) is 0. The molecule has 1 fully saturated rings. The number of carbonyl (C=O) groups is 2. The van der Waals surface area contributed by atoms with Crippen molar-refractivity contribution < 1.29 is 14.0 Å². The van der Waals surface area contributed by atoms with Crippen LogP contribution < -0.4 is 10.6 Å². The van der Waals surface area contributed by atoms with E-state index in [0.717, 1.165) is 36.8 Å². The molecule has 0 saturated carbocycles. The van der Waals surface area contributed by atoms with Gasteiger partial charge < -0.3 is 10.6 Å². The zero-order valence-corrected chi connectivity index (χ0v) is 18.0. The highest BCUT2D eigenvalue weighted by Gasteiger charge is 2.21. The molecule has 2 heterocycles. The average molecular weight is 435 g/mol. The van der Waals surface area contributed by atoms with Gasteiger partial charge in [0.05, 0.1) is 13.1 Å². The summed E-state index contributed by atoms with van der Waals surface area (Å²) >= 11 is 1.28. The predicted octanol–water partition coefficient (Wildman–Crippen LogP) is 1.25. The molecule has 0 spiro atoms. The smallest absolute Gasteiger partial charge is 0.282 e. The van der Waals surface area contributed by atoms with Crippen molar-refractivity contribution >= 4 is 23.2 Å². The maximum absolute atomic E-state index is 12.9. The van der Waals surface area contributed by atoms with Crippen LogP contribution in [-0.2, 0) is 17.9 Å². The fourth-order valence-corrected chi connectivity index (χ4v) is 3.94. The molecule has 8 nitrogen and oxygen atoms in total. The number of carbonyl (C=O) groups excluding carboxylic acids is 2. The molecule has 1 aromatic carbocycles. The van der Waals surface area contributed by atoms with E-state index in [4.69, 9.17) is 0 Å². The van der Waals surface area contributed by atoms with Crippen LogP contribution in [0.25, 0.3) is 0 Å². The van der Waals surface area contributed by atoms with Crippen LogP contribution >= 0.6 is 11.3 Å². The summed E-state index contributed by atoms with van der Waals surface area (Å²) in [5.41, 5.74) is 0.814. The largest absolute Gasteiger partial charge is 0.353 e. The van der Waals surface area contributed by atoms with E-state index < -0.39 is 0 Å². The van der Waals surface area contributed by atoms with Crippen molar-refractivity contribution in [2.45, 2.75) is 33.0 Å². The van der Waals surface area contributed by atoms with Gasteiger partial charge in [-0.2, -0.15) is 0 Å². The van der Waals surface area contributed by atoms with Gasteiger partial charge in [0.25, 0.3) is 5.91 Å². The molecule has 2 amide bonds. The molecule has 2 N–H and O–H groups in total. The molecule has 162 valence electrons. The highest BCUT2D eigenvalue weighted by atomic mass is 32.1. The Balaban J connectivity index is 1.41. The van der Waals surface area contributed by atoms with Gasteiger partial charge in [-0.3, -0.25) is 19.4 Å². The van der Waals surface area contributed by atoms with E-state index in [0.29, 0.717) is 24.6 Å². The second-order valence-electron chi connectivity index (χ2n) is 7.58. The van der Waals surface area contributed by atoms with Gasteiger partial charge in [0, 0.05) is 38.8 Å². The van der Waals surface area contributed by atoms with E-state index >= 15 is 0 Å². The molecule has 0 bridgehead atoms. The summed E-state index contributed by atoms with van der Waals surface area (Å²) in [6, 6.07) is 6.14. The van der Waals surface area contributed by atoms with Crippen LogP contribution in [-0.4, -0.2) is 70.6 Å². The quantitative estimate of drug-likeness (QED) is 0.650. The third-order valence-electron chi connectivity index (χ3n) is 4.67. The van der Waals surface area contributed by atoms with Crippen molar-refractivity contribution in [3.8, 4) is 0 Å². The first kappa shape index (κ1) is 22.3. The molecular formula is C20H27FN6O2S. The van der Waals surface area contributed by atoms with E-state index in [9.17, 15) is 14.0 Å². The third-order valence-corrected chi connectivity index (χ3v) is 5.57. The van der Waals surface area contributed by atoms with Crippen molar-refractivity contribution in [1.29, 1.82) is 0 Å². The fraction of sp³-hybridized carbons (Fsp3) is 0.500. The molecule has 1 aromatic heterocycles. The van der Waals surface area contributed by atoms with Gasteiger partial charge in [0.2, 0.25) is 10.9 Å². The third kappa shape index (κ3) is 6.82. The van der Waals surface area contributed by atoms with E-state index in [-0.39, 0.29) is 23.7 Å². The molecule has 1 saturated heterocycles. The number of nitrogens with zero attached hydrogens (tertiary/aromatic N) is 4. The number of rotatable bonds is 8. The lowest BCUT2D eigenvalue weighted by Gasteiger charge is -2.33. The number of amides is 2. The Morgan fingerprint density at radius 1 is 1.10 bits per heavy atom. The molecule has 0 aliphatic carbocycles. The molecule has 1 aliphatic rings. The molecule has 0 atom stereocenters. The van der Waals surface area contributed by atoms with E-state index in [1.807, 2.05) is 13.8 Å². The van der Waals surface area contributed by atoms with Crippen LogP contribution in [0.3, 0.4) is 0 Å². The Morgan fingerprint density at radius 3 is 2.43 bits per heavy atom. The van der Waals surface area contributed by atoms with Crippen molar-refractivity contribution in [2.24, 2.45) is 0 Å². The van der Waals surface area contributed by atoms with Crippen LogP contribution in [0.2, 0.25) is 0 Å². The number of hydrogen-bond donors (Lipinski definition) is 2. The molecule has 0 radical (unpaired) electrons. The number of piperazine rings is 1. The Kier molecular flexibility index (Phi) is 7.83. The molecular weight excluding hydrogens is 407 g/mol. The summed E-state index contributed by atoms with van der Waals surface area (Å²) in [4.78, 5) is 28.5. The number of halogens is 1. The summed E-state index contributed by atoms with van der Waals surface area (Å²) < 4.78 is 12.9. The Labute approximate surface area is 179 Å². The Hall–Kier alpha value is -2.43. The lowest BCUT2D eigenvalue weighted by Crippen LogP contribution is -2.49. The lowest BCUT2D eigenvalue weighted by molar-refractivity contribution is -0.123. The molecule has 0 unspecified atom stereocenters. The van der Waals surface area contributed by atoms with Crippen LogP contribution in [0, 0.1) is 5.82 Å². The first-order valence-electron chi connectivity index (χ1n) is 9.98. The van der Waals surface area contributed by atoms with Gasteiger partial charge in [-0.1, -0.05) is 23.5 Å². The number of hydrogen-bond acceptors (Lipinski definition) is 7. The number of nitrogens with one attached hydrogen (secondary N) is 2. The van der Waals surface area contributed by atoms with E-state index in [1.54, 1.807) is 12.1 Å². The summed E-state index contributed by atoms with van der Waals surface area (Å²) in [7, 11) is 0. The molecule has 3 rings (SSSR count). The van der Waals surface area contributed by atoms with Gasteiger partial charge in [-0.05, 0) is 31.5 Å². The Morgan fingerprint density at radius 2 is 1.77 bits per heavy atom. The monoisotopic (exact) mass is 434 g/mol. The number of aromatic nitrogens is 2. The summed E-state index contributed by atoms with van der Waals surface area (Å²) in [6.45, 7) is 8.56. The summed E-state index contributed by atoms with van der Waals surface area (Å²) in [5.74, 6) is -0.540. The van der Waals surface area contributed by atoms with Gasteiger partial charge in [0.1, 0.15) is 10.8 Å². The van der Waals surface area contributed by atoms with Crippen molar-refractivity contribution in [2.75, 3.05) is 32.7 Å². The van der Waals surface area contributed by atoms with Crippen LogP contribution in [0.5, 0.6) is 0 Å². The minimum Gasteiger partial charge on any atom is -0.353 e. The Bertz CT molecular complexity index is 849. The van der Waals surface area contributed by atoms with Crippen LogP contribution in [0.4, 0.5) is 4.39 Å². The highest BCUT2D eigenvalue weighted by Crippen LogP contribution is 2.14. The fourth-order valence-electron chi connectivity index (χ4n) is 3.14. The maximum atomic E-state index is 12.9. The van der Waals surface area contributed by atoms with Gasteiger partial charge >= 0.3 is 0 Å². The van der Waals surface area contributed by atoms with Crippen LogP contribution in [0.1, 0.15) is 34.2 Å². The van der Waals surface area contributed by atoms with Crippen molar-refractivity contribution in [1.82, 2.24) is 30.6 Å². The SMILES string of the molecule is CC(C)NC(=O)CN1CCN(Cc2nnc(C(=O)NCc3ccc(F)cc3)s2)CC1. The molecule has 2 aromatic rings. The van der Waals surface area contributed by atoms with E-state index in [2.05, 4.69) is 30.6 Å². The predicted molar refractivity (Wildman–Crippen MR) is 112 cm³/mol. The normalized spacial score (nSPS) is 15.3. The number of benzene rings is 1. The average Bonchev–Trinajstić information content (AvgIpc) is 3.17. The maximum Gasteiger partial charge on any atom is 0.282 e. The second kappa shape index (κ2) is 10.6. The van der Waals surface area contributed by atoms with Gasteiger partial charge in [-0.25, -0.2) is 4.39 Å². The molecule has 30 heavy (non-hydrogen) atoms. The minimum absolute atomic E-state index is 0.0545. The van der Waals surface area contributed by atoms with Gasteiger partial charge in [0.15, 0.2) is 0 Å². The topological polar surface area (TPSA) is 90.5 Å². The van der Waals surface area contributed by atoms with Crippen LogP contribution in [0.15, 0.2) is 24.3 Å². The molecule has 10 heteroatoms. The minimum atomic E-state index is -0.307. The zero-order valence-electron chi connectivity index (χ0n) is 17.2. The van der Waals surface area contributed by atoms with E-state index in [1.165, 1.54) is 23.5 Å². The highest BCUT2D eigenvalue weighted by molar-refractivity contribution is 7.13. The summed E-state index contributed by atoms with van der Waals surface area (Å²) in [5, 5.41) is 14.9. The van der Waals surface area contributed by atoms with Crippen molar-refractivity contribution in [3.05, 3.63) is 45.7 Å².